The molecule has 1 atom stereocenters. The highest BCUT2D eigenvalue weighted by molar-refractivity contribution is 7.89. The number of benzene rings is 1. The molecule has 0 bridgehead atoms. The molecule has 1 aliphatic heterocycles. The largest absolute Gasteiger partial charge is 0.478 e. The number of sulfonamides is 1. The fourth-order valence-electron chi connectivity index (χ4n) is 2.53. The average molecular weight is 338 g/mol. The number of nitrogens with one attached hydrogen (secondary N) is 1. The van der Waals surface area contributed by atoms with E-state index in [1.165, 1.54) is 28.6 Å². The molecule has 0 spiro atoms. The summed E-state index contributed by atoms with van der Waals surface area (Å²) in [6.07, 6.45) is 2.50. The molecular weight excluding hydrogens is 320 g/mol. The molecule has 124 valence electrons. The number of rotatable bonds is 6. The molecule has 1 unspecified atom stereocenters. The van der Waals surface area contributed by atoms with Crippen LogP contribution in [-0.4, -0.2) is 48.8 Å². The summed E-state index contributed by atoms with van der Waals surface area (Å²) < 4.78 is 26.7. The van der Waals surface area contributed by atoms with Crippen molar-refractivity contribution in [3.05, 3.63) is 42.5 Å². The summed E-state index contributed by atoms with van der Waals surface area (Å²) in [5.41, 5.74) is 0.0279. The Labute approximate surface area is 134 Å². The predicted molar refractivity (Wildman–Crippen MR) is 83.5 cm³/mol. The second-order valence-electron chi connectivity index (χ2n) is 5.19. The van der Waals surface area contributed by atoms with Gasteiger partial charge in [-0.2, -0.15) is 4.31 Å². The molecule has 0 radical (unpaired) electrons. The van der Waals surface area contributed by atoms with Crippen LogP contribution in [0.2, 0.25) is 0 Å². The third kappa shape index (κ3) is 3.77. The first kappa shape index (κ1) is 17.2. The number of hydrogen-bond acceptors (Lipinski definition) is 4. The fraction of sp³-hybridized carbons (Fsp3) is 0.333. The lowest BCUT2D eigenvalue weighted by molar-refractivity contribution is -0.116. The van der Waals surface area contributed by atoms with E-state index in [0.717, 1.165) is 6.08 Å². The normalized spacial score (nSPS) is 18.5. The number of carbonyl (C=O) groups is 2. The first-order chi connectivity index (χ1) is 10.9. The minimum absolute atomic E-state index is 0.0279. The lowest BCUT2D eigenvalue weighted by Gasteiger charge is -2.24. The Hall–Kier alpha value is -2.19. The number of carbonyl (C=O) groups excluding carboxylic acids is 1. The number of aromatic carboxylic acids is 1. The first-order valence-electron chi connectivity index (χ1n) is 7.11. The minimum Gasteiger partial charge on any atom is -0.478 e. The smallest absolute Gasteiger partial charge is 0.335 e. The van der Waals surface area contributed by atoms with E-state index in [1.54, 1.807) is 0 Å². The Morgan fingerprint density at radius 2 is 2.00 bits per heavy atom. The maximum Gasteiger partial charge on any atom is 0.335 e. The van der Waals surface area contributed by atoms with E-state index in [1.807, 2.05) is 0 Å². The number of nitrogens with zero attached hydrogens (tertiary/aromatic N) is 1. The Morgan fingerprint density at radius 3 is 2.57 bits per heavy atom. The van der Waals surface area contributed by atoms with Crippen LogP contribution in [0.15, 0.2) is 41.8 Å². The zero-order chi connectivity index (χ0) is 17.0. The molecule has 1 aromatic carbocycles. The van der Waals surface area contributed by atoms with Gasteiger partial charge in [-0.3, -0.25) is 4.79 Å². The van der Waals surface area contributed by atoms with Gasteiger partial charge in [0.2, 0.25) is 15.9 Å². The lowest BCUT2D eigenvalue weighted by atomic mass is 10.2. The Kier molecular flexibility index (Phi) is 5.17. The van der Waals surface area contributed by atoms with Gasteiger partial charge in [-0.25, -0.2) is 13.2 Å². The third-order valence-corrected chi connectivity index (χ3v) is 5.69. The van der Waals surface area contributed by atoms with E-state index < -0.39 is 16.0 Å². The summed E-state index contributed by atoms with van der Waals surface area (Å²) in [5, 5.41) is 11.5. The van der Waals surface area contributed by atoms with Gasteiger partial charge < -0.3 is 10.4 Å². The Balaban J connectivity index is 2.18. The molecule has 0 aromatic heterocycles. The van der Waals surface area contributed by atoms with Crippen LogP contribution < -0.4 is 5.32 Å². The second-order valence-corrected chi connectivity index (χ2v) is 7.08. The minimum atomic E-state index is -3.72. The Bertz CT molecular complexity index is 712. The monoisotopic (exact) mass is 338 g/mol. The van der Waals surface area contributed by atoms with Crippen LogP contribution in [0.5, 0.6) is 0 Å². The van der Waals surface area contributed by atoms with E-state index in [2.05, 4.69) is 11.9 Å². The molecule has 7 nitrogen and oxygen atoms in total. The summed E-state index contributed by atoms with van der Waals surface area (Å²) in [6, 6.07) is 4.79. The van der Waals surface area contributed by atoms with Crippen molar-refractivity contribution < 1.29 is 23.1 Å². The second kappa shape index (κ2) is 6.93. The maximum absolute atomic E-state index is 12.7. The molecule has 23 heavy (non-hydrogen) atoms. The van der Waals surface area contributed by atoms with Crippen LogP contribution in [0.4, 0.5) is 0 Å². The molecule has 8 heteroatoms. The van der Waals surface area contributed by atoms with Gasteiger partial charge in [-0.15, -0.1) is 0 Å². The molecule has 1 aliphatic rings. The van der Waals surface area contributed by atoms with E-state index in [9.17, 15) is 18.0 Å². The predicted octanol–water partition coefficient (Wildman–Crippen LogP) is 0.840. The van der Waals surface area contributed by atoms with Crippen LogP contribution in [-0.2, 0) is 14.8 Å². The van der Waals surface area contributed by atoms with Crippen molar-refractivity contribution in [2.24, 2.45) is 0 Å². The molecule has 0 aliphatic carbocycles. The van der Waals surface area contributed by atoms with Gasteiger partial charge in [-0.1, -0.05) is 6.58 Å². The molecule has 1 aromatic rings. The topological polar surface area (TPSA) is 104 Å². The van der Waals surface area contributed by atoms with Gasteiger partial charge in [-0.05, 0) is 43.2 Å². The van der Waals surface area contributed by atoms with E-state index in [0.29, 0.717) is 19.4 Å². The zero-order valence-electron chi connectivity index (χ0n) is 12.4. The number of carboxylic acids is 1. The summed E-state index contributed by atoms with van der Waals surface area (Å²) in [7, 11) is -3.72. The number of carboxylic acid groups (broad SMARTS) is 1. The van der Waals surface area contributed by atoms with Crippen molar-refractivity contribution in [1.29, 1.82) is 0 Å². The van der Waals surface area contributed by atoms with Crippen LogP contribution in [0.25, 0.3) is 0 Å². The first-order valence-corrected chi connectivity index (χ1v) is 8.55. The highest BCUT2D eigenvalue weighted by atomic mass is 32.2. The number of amides is 1. The van der Waals surface area contributed by atoms with Crippen LogP contribution in [0, 0.1) is 0 Å². The highest BCUT2D eigenvalue weighted by Crippen LogP contribution is 2.26. The summed E-state index contributed by atoms with van der Waals surface area (Å²) >= 11 is 0. The summed E-state index contributed by atoms with van der Waals surface area (Å²) in [5.74, 6) is -1.46. The molecule has 1 heterocycles. The average Bonchev–Trinajstić information content (AvgIpc) is 3.02. The molecule has 1 saturated heterocycles. The molecule has 2 N–H and O–H groups in total. The molecule has 1 amide bonds. The van der Waals surface area contributed by atoms with Crippen LogP contribution in [0.3, 0.4) is 0 Å². The van der Waals surface area contributed by atoms with Gasteiger partial charge in [0.15, 0.2) is 0 Å². The van der Waals surface area contributed by atoms with Gasteiger partial charge in [0.25, 0.3) is 0 Å². The van der Waals surface area contributed by atoms with Gasteiger partial charge >= 0.3 is 5.97 Å². The number of hydrogen-bond donors (Lipinski definition) is 2. The van der Waals surface area contributed by atoms with Crippen molar-refractivity contribution in [3.63, 3.8) is 0 Å². The van der Waals surface area contributed by atoms with Crippen LogP contribution in [0.1, 0.15) is 23.2 Å². The quantitative estimate of drug-likeness (QED) is 0.748. The van der Waals surface area contributed by atoms with Crippen molar-refractivity contribution in [1.82, 2.24) is 9.62 Å². The lowest BCUT2D eigenvalue weighted by Crippen LogP contribution is -2.42. The Morgan fingerprint density at radius 1 is 1.35 bits per heavy atom. The SMILES string of the molecule is C=CC(=O)NCC1CCCN1S(=O)(=O)c1ccc(C(=O)O)cc1. The molecule has 0 saturated carbocycles. The van der Waals surface area contributed by atoms with E-state index in [-0.39, 0.29) is 29.0 Å². The van der Waals surface area contributed by atoms with Crippen LogP contribution >= 0.6 is 0 Å². The maximum atomic E-state index is 12.7. The van der Waals surface area contributed by atoms with E-state index >= 15 is 0 Å². The third-order valence-electron chi connectivity index (χ3n) is 3.73. The molecular formula is C15H18N2O5S. The summed E-state index contributed by atoms with van der Waals surface area (Å²) in [6.45, 7) is 3.94. The standard InChI is InChI=1S/C15H18N2O5S/c1-2-14(18)16-10-12-4-3-9-17(12)23(21,22)13-7-5-11(6-8-13)15(19)20/h2,5-8,12H,1,3-4,9-10H2,(H,16,18)(H,19,20). The van der Waals surface area contributed by atoms with Crippen molar-refractivity contribution in [2.75, 3.05) is 13.1 Å². The van der Waals surface area contributed by atoms with Gasteiger partial charge in [0, 0.05) is 19.1 Å². The van der Waals surface area contributed by atoms with Gasteiger partial charge in [0.05, 0.1) is 10.5 Å². The zero-order valence-corrected chi connectivity index (χ0v) is 13.3. The van der Waals surface area contributed by atoms with E-state index in [4.69, 9.17) is 5.11 Å². The molecule has 1 fully saturated rings. The summed E-state index contributed by atoms with van der Waals surface area (Å²) in [4.78, 5) is 22.1. The van der Waals surface area contributed by atoms with Gasteiger partial charge in [0.1, 0.15) is 0 Å². The van der Waals surface area contributed by atoms with Crippen molar-refractivity contribution in [3.8, 4) is 0 Å². The molecule has 2 rings (SSSR count). The van der Waals surface area contributed by atoms with Crippen molar-refractivity contribution in [2.45, 2.75) is 23.8 Å². The fourth-order valence-corrected chi connectivity index (χ4v) is 4.22. The highest BCUT2D eigenvalue weighted by Gasteiger charge is 2.35. The van der Waals surface area contributed by atoms with Crippen molar-refractivity contribution >= 4 is 21.9 Å².